The van der Waals surface area contributed by atoms with Crippen molar-refractivity contribution in [2.45, 2.75) is 6.42 Å². The van der Waals surface area contributed by atoms with Crippen LogP contribution in [0.15, 0.2) is 30.6 Å². The van der Waals surface area contributed by atoms with Crippen molar-refractivity contribution in [3.63, 3.8) is 0 Å². The van der Waals surface area contributed by atoms with E-state index in [1.54, 1.807) is 12.3 Å². The largest absolute Gasteiger partial charge is 0.464 e. The Hall–Kier alpha value is -2.50. The molecule has 0 radical (unpaired) electrons. The van der Waals surface area contributed by atoms with Crippen molar-refractivity contribution in [2.75, 3.05) is 18.6 Å². The van der Waals surface area contributed by atoms with Gasteiger partial charge in [0.1, 0.15) is 5.82 Å². The number of rotatable bonds is 2. The molecule has 0 atom stereocenters. The lowest BCUT2D eigenvalue weighted by Gasteiger charge is -2.18. The quantitative estimate of drug-likeness (QED) is 0.784. The van der Waals surface area contributed by atoms with E-state index in [2.05, 4.69) is 14.7 Å². The Labute approximate surface area is 115 Å². The van der Waals surface area contributed by atoms with Gasteiger partial charge in [-0.1, -0.05) is 6.07 Å². The van der Waals surface area contributed by atoms with Gasteiger partial charge in [0.05, 0.1) is 19.5 Å². The molecule has 5 nitrogen and oxygen atoms in total. The molecule has 3 rings (SSSR count). The number of halogens is 1. The van der Waals surface area contributed by atoms with E-state index in [1.165, 1.54) is 25.4 Å². The lowest BCUT2D eigenvalue weighted by molar-refractivity contribution is 0.0593. The first kappa shape index (κ1) is 12.5. The molecule has 1 aromatic carbocycles. The molecule has 0 saturated heterocycles. The zero-order valence-corrected chi connectivity index (χ0v) is 10.8. The lowest BCUT2D eigenvalue weighted by atomic mass is 10.2. The van der Waals surface area contributed by atoms with Crippen LogP contribution in [0.5, 0.6) is 0 Å². The van der Waals surface area contributed by atoms with Gasteiger partial charge in [-0.3, -0.25) is 4.98 Å². The molecule has 0 spiro atoms. The van der Waals surface area contributed by atoms with Crippen LogP contribution in [-0.4, -0.2) is 29.6 Å². The van der Waals surface area contributed by atoms with E-state index in [0.717, 1.165) is 17.7 Å². The van der Waals surface area contributed by atoms with Crippen molar-refractivity contribution in [3.8, 4) is 0 Å². The normalized spacial score (nSPS) is 13.2. The molecule has 20 heavy (non-hydrogen) atoms. The minimum atomic E-state index is -0.544. The van der Waals surface area contributed by atoms with Gasteiger partial charge in [-0.2, -0.15) is 0 Å². The zero-order valence-electron chi connectivity index (χ0n) is 10.8. The van der Waals surface area contributed by atoms with Gasteiger partial charge in [-0.15, -0.1) is 0 Å². The average Bonchev–Trinajstić information content (AvgIpc) is 2.89. The summed E-state index contributed by atoms with van der Waals surface area (Å²) < 4.78 is 18.0. The highest BCUT2D eigenvalue weighted by molar-refractivity contribution is 5.87. The van der Waals surface area contributed by atoms with E-state index in [-0.39, 0.29) is 11.5 Å². The molecule has 0 saturated carbocycles. The van der Waals surface area contributed by atoms with Gasteiger partial charge in [0, 0.05) is 12.2 Å². The van der Waals surface area contributed by atoms with Crippen molar-refractivity contribution in [2.24, 2.45) is 0 Å². The summed E-state index contributed by atoms with van der Waals surface area (Å²) >= 11 is 0. The van der Waals surface area contributed by atoms with Gasteiger partial charge in [0.15, 0.2) is 11.5 Å². The highest BCUT2D eigenvalue weighted by Gasteiger charge is 2.23. The number of carbonyl (C=O) groups excluding carboxylic acids is 1. The maximum absolute atomic E-state index is 13.4. The van der Waals surface area contributed by atoms with Crippen LogP contribution in [0, 0.1) is 5.82 Å². The number of esters is 1. The Balaban J connectivity index is 2.00. The molecule has 2 aromatic rings. The summed E-state index contributed by atoms with van der Waals surface area (Å²) in [4.78, 5) is 21.5. The van der Waals surface area contributed by atoms with Crippen molar-refractivity contribution in [1.29, 1.82) is 0 Å². The number of nitrogens with zero attached hydrogens (tertiary/aromatic N) is 3. The van der Waals surface area contributed by atoms with Crippen LogP contribution < -0.4 is 4.90 Å². The minimum Gasteiger partial charge on any atom is -0.464 e. The van der Waals surface area contributed by atoms with E-state index in [1.807, 2.05) is 4.90 Å². The molecule has 1 aliphatic rings. The summed E-state index contributed by atoms with van der Waals surface area (Å²) in [6.07, 6.45) is 3.70. The van der Waals surface area contributed by atoms with Gasteiger partial charge in [0.2, 0.25) is 0 Å². The summed E-state index contributed by atoms with van der Waals surface area (Å²) in [6.45, 7) is 0.679. The smallest absolute Gasteiger partial charge is 0.358 e. The second-order valence-electron chi connectivity index (χ2n) is 4.43. The van der Waals surface area contributed by atoms with Crippen LogP contribution in [-0.2, 0) is 11.2 Å². The van der Waals surface area contributed by atoms with Crippen LogP contribution in [0.2, 0.25) is 0 Å². The number of hydrogen-bond donors (Lipinski definition) is 0. The molecular formula is C14H12FN3O2. The fourth-order valence-corrected chi connectivity index (χ4v) is 2.28. The maximum Gasteiger partial charge on any atom is 0.358 e. The Morgan fingerprint density at radius 1 is 1.40 bits per heavy atom. The van der Waals surface area contributed by atoms with Gasteiger partial charge >= 0.3 is 5.97 Å². The van der Waals surface area contributed by atoms with Gasteiger partial charge in [-0.25, -0.2) is 14.2 Å². The fraction of sp³-hybridized carbons (Fsp3) is 0.214. The molecule has 1 aromatic heterocycles. The topological polar surface area (TPSA) is 55.3 Å². The van der Waals surface area contributed by atoms with E-state index >= 15 is 0 Å². The van der Waals surface area contributed by atoms with E-state index < -0.39 is 5.97 Å². The van der Waals surface area contributed by atoms with Crippen LogP contribution in [0.1, 0.15) is 16.1 Å². The predicted molar refractivity (Wildman–Crippen MR) is 70.5 cm³/mol. The number of aromatic nitrogens is 2. The van der Waals surface area contributed by atoms with Crippen molar-refractivity contribution in [1.82, 2.24) is 9.97 Å². The molecule has 0 N–H and O–H groups in total. The Kier molecular flexibility index (Phi) is 3.06. The first-order valence-corrected chi connectivity index (χ1v) is 6.15. The predicted octanol–water partition coefficient (Wildman–Crippen LogP) is 2.10. The summed E-state index contributed by atoms with van der Waals surface area (Å²) in [5.41, 5.74) is 1.95. The first-order valence-electron chi connectivity index (χ1n) is 6.15. The van der Waals surface area contributed by atoms with E-state index in [0.29, 0.717) is 12.4 Å². The summed E-state index contributed by atoms with van der Waals surface area (Å²) in [5, 5.41) is 0. The van der Waals surface area contributed by atoms with Gasteiger partial charge in [-0.05, 0) is 24.1 Å². The fourth-order valence-electron chi connectivity index (χ4n) is 2.28. The highest BCUT2D eigenvalue weighted by atomic mass is 19.1. The molecule has 0 unspecified atom stereocenters. The van der Waals surface area contributed by atoms with E-state index in [4.69, 9.17) is 0 Å². The van der Waals surface area contributed by atoms with Gasteiger partial charge in [0.25, 0.3) is 0 Å². The second kappa shape index (κ2) is 4.88. The average molecular weight is 273 g/mol. The molecular weight excluding hydrogens is 261 g/mol. The van der Waals surface area contributed by atoms with Crippen LogP contribution in [0.3, 0.4) is 0 Å². The number of fused-ring (bicyclic) bond motifs is 1. The maximum atomic E-state index is 13.4. The molecule has 1 aliphatic heterocycles. The Bertz CT molecular complexity index is 675. The number of ether oxygens (including phenoxy) is 1. The van der Waals surface area contributed by atoms with Crippen molar-refractivity contribution in [3.05, 3.63) is 47.7 Å². The summed E-state index contributed by atoms with van der Waals surface area (Å²) in [5.74, 6) is -0.331. The van der Waals surface area contributed by atoms with Crippen LogP contribution in [0.25, 0.3) is 0 Å². The number of anilines is 2. The van der Waals surface area contributed by atoms with Crippen LogP contribution in [0.4, 0.5) is 15.9 Å². The molecule has 2 heterocycles. The lowest BCUT2D eigenvalue weighted by Crippen LogP contribution is -2.17. The Morgan fingerprint density at radius 3 is 3.05 bits per heavy atom. The summed E-state index contributed by atoms with van der Waals surface area (Å²) in [6, 6.07) is 4.68. The minimum absolute atomic E-state index is 0.134. The van der Waals surface area contributed by atoms with Gasteiger partial charge < -0.3 is 9.64 Å². The molecule has 0 bridgehead atoms. The third kappa shape index (κ3) is 2.09. The van der Waals surface area contributed by atoms with E-state index in [9.17, 15) is 9.18 Å². The molecule has 0 amide bonds. The van der Waals surface area contributed by atoms with Crippen molar-refractivity contribution < 1.29 is 13.9 Å². The first-order chi connectivity index (χ1) is 9.69. The molecule has 6 heteroatoms. The van der Waals surface area contributed by atoms with Crippen LogP contribution >= 0.6 is 0 Å². The number of methoxy groups -OCH3 is 1. The molecule has 102 valence electrons. The Morgan fingerprint density at radius 2 is 2.25 bits per heavy atom. The molecule has 0 aliphatic carbocycles. The second-order valence-corrected chi connectivity index (χ2v) is 4.43. The highest BCUT2D eigenvalue weighted by Crippen LogP contribution is 2.33. The van der Waals surface area contributed by atoms with Crippen molar-refractivity contribution >= 4 is 17.5 Å². The number of carbonyl (C=O) groups is 1. The summed E-state index contributed by atoms with van der Waals surface area (Å²) in [7, 11) is 1.29. The SMILES string of the molecule is COC(=O)c1cncc(N2CCc3ccc(F)cc32)n1. The molecule has 0 fully saturated rings. The third-order valence-electron chi connectivity index (χ3n) is 3.24. The number of benzene rings is 1. The standard InChI is InChI=1S/C14H12FN3O2/c1-20-14(19)11-7-16-8-13(17-11)18-5-4-9-2-3-10(15)6-12(9)18/h2-3,6-8H,4-5H2,1H3. The monoisotopic (exact) mass is 273 g/mol. The number of hydrogen-bond acceptors (Lipinski definition) is 5. The third-order valence-corrected chi connectivity index (χ3v) is 3.24. The zero-order chi connectivity index (χ0) is 14.1.